The Morgan fingerprint density at radius 1 is 1.19 bits per heavy atom. The lowest BCUT2D eigenvalue weighted by Crippen LogP contribution is -2.26. The second-order valence-corrected chi connectivity index (χ2v) is 6.32. The van der Waals surface area contributed by atoms with Crippen molar-refractivity contribution in [2.75, 3.05) is 5.73 Å². The van der Waals surface area contributed by atoms with E-state index in [4.69, 9.17) is 22.1 Å². The van der Waals surface area contributed by atoms with Crippen LogP contribution >= 0.6 is 0 Å². The average Bonchev–Trinajstić information content (AvgIpc) is 2.52. The van der Waals surface area contributed by atoms with Gasteiger partial charge in [-0.3, -0.25) is 0 Å². The Bertz CT molecular complexity index is 987. The first-order valence-corrected chi connectivity index (χ1v) is 8.06. The molecule has 138 valence electrons. The first-order valence-electron chi connectivity index (χ1n) is 6.52. The standard InChI is InChI=1S/C12H11F3N8O2S/c13-12(14,15)7-2-1-6(5-3-20-11(17)21-4-5)8(10(16)22-23-18)9(7)26(19,24)25/h1-4H,(H3,16,18,22)(H2,17,20,21)(H2,19,24,25). The first-order chi connectivity index (χ1) is 12.0. The van der Waals surface area contributed by atoms with Crippen molar-refractivity contribution in [3.63, 3.8) is 0 Å². The number of aromatic nitrogens is 2. The van der Waals surface area contributed by atoms with Crippen LogP contribution in [0, 0.1) is 5.53 Å². The lowest BCUT2D eigenvalue weighted by atomic mass is 9.98. The minimum absolute atomic E-state index is 0.0935. The van der Waals surface area contributed by atoms with E-state index in [2.05, 4.69) is 20.3 Å². The van der Waals surface area contributed by atoms with Gasteiger partial charge in [0, 0.05) is 23.5 Å². The topological polar surface area (TPSA) is 187 Å². The highest BCUT2D eigenvalue weighted by atomic mass is 32.2. The van der Waals surface area contributed by atoms with Crippen molar-refractivity contribution in [3.05, 3.63) is 35.7 Å². The molecule has 0 bridgehead atoms. The van der Waals surface area contributed by atoms with Crippen molar-refractivity contribution in [2.45, 2.75) is 11.1 Å². The van der Waals surface area contributed by atoms with Gasteiger partial charge in [-0.05, 0) is 11.6 Å². The van der Waals surface area contributed by atoms with E-state index in [1.165, 1.54) is 0 Å². The van der Waals surface area contributed by atoms with Gasteiger partial charge in [-0.25, -0.2) is 23.5 Å². The quantitative estimate of drug-likeness (QED) is 0.262. The van der Waals surface area contributed by atoms with Crippen molar-refractivity contribution in [2.24, 2.45) is 21.2 Å². The van der Waals surface area contributed by atoms with Crippen molar-refractivity contribution in [1.82, 2.24) is 9.97 Å². The third-order valence-corrected chi connectivity index (χ3v) is 4.14. The maximum Gasteiger partial charge on any atom is 0.417 e. The summed E-state index contributed by atoms with van der Waals surface area (Å²) in [5, 5.41) is 10.7. The molecule has 0 saturated carbocycles. The van der Waals surface area contributed by atoms with Crippen LogP contribution in [0.25, 0.3) is 11.1 Å². The van der Waals surface area contributed by atoms with Gasteiger partial charge in [0.05, 0.1) is 5.56 Å². The maximum absolute atomic E-state index is 13.3. The van der Waals surface area contributed by atoms with Gasteiger partial charge in [-0.15, -0.1) is 5.10 Å². The summed E-state index contributed by atoms with van der Waals surface area (Å²) in [5.41, 5.74) is 15.4. The Balaban J connectivity index is 3.02. The lowest BCUT2D eigenvalue weighted by molar-refractivity contribution is -0.139. The predicted molar refractivity (Wildman–Crippen MR) is 84.1 cm³/mol. The molecule has 2 aromatic rings. The van der Waals surface area contributed by atoms with Crippen LogP contribution in [-0.2, 0) is 16.2 Å². The summed E-state index contributed by atoms with van der Waals surface area (Å²) in [4.78, 5) is 6.07. The normalized spacial score (nSPS) is 12.8. The molecule has 1 aromatic carbocycles. The predicted octanol–water partition coefficient (Wildman–Crippen LogP) is 1.04. The van der Waals surface area contributed by atoms with Gasteiger partial charge in [0.2, 0.25) is 16.0 Å². The molecular formula is C12H11F3N8O2S. The third-order valence-electron chi connectivity index (χ3n) is 3.14. The van der Waals surface area contributed by atoms with E-state index >= 15 is 0 Å². The highest BCUT2D eigenvalue weighted by Crippen LogP contribution is 2.39. The molecule has 1 aromatic heterocycles. The van der Waals surface area contributed by atoms with Crippen LogP contribution in [0.5, 0.6) is 0 Å². The first kappa shape index (κ1) is 19.2. The number of nitrogen functional groups attached to an aromatic ring is 1. The summed E-state index contributed by atoms with van der Waals surface area (Å²) in [6, 6.07) is 1.48. The molecule has 10 nitrogen and oxygen atoms in total. The van der Waals surface area contributed by atoms with Gasteiger partial charge in [-0.1, -0.05) is 11.3 Å². The van der Waals surface area contributed by atoms with Crippen LogP contribution in [0.3, 0.4) is 0 Å². The van der Waals surface area contributed by atoms with Gasteiger partial charge in [-0.2, -0.15) is 18.7 Å². The van der Waals surface area contributed by atoms with Gasteiger partial charge >= 0.3 is 6.18 Å². The molecule has 2 rings (SSSR count). The van der Waals surface area contributed by atoms with E-state index in [1.54, 1.807) is 0 Å². The number of amidine groups is 1. The van der Waals surface area contributed by atoms with E-state index in [0.717, 1.165) is 18.5 Å². The number of nitrogens with zero attached hydrogens (tertiary/aromatic N) is 4. The smallest absolute Gasteiger partial charge is 0.382 e. The van der Waals surface area contributed by atoms with Crippen molar-refractivity contribution in [3.8, 4) is 11.1 Å². The Labute approximate surface area is 144 Å². The van der Waals surface area contributed by atoms with Crippen LogP contribution in [0.2, 0.25) is 0 Å². The number of rotatable bonds is 4. The number of hydrogen-bond acceptors (Lipinski definition) is 7. The van der Waals surface area contributed by atoms with E-state index in [0.29, 0.717) is 6.07 Å². The van der Waals surface area contributed by atoms with Crippen molar-refractivity contribution in [1.29, 1.82) is 5.53 Å². The molecular weight excluding hydrogens is 377 g/mol. The fraction of sp³-hybridized carbons (Fsp3) is 0.0833. The summed E-state index contributed by atoms with van der Waals surface area (Å²) >= 11 is 0. The van der Waals surface area contributed by atoms with E-state index in [9.17, 15) is 21.6 Å². The Hall–Kier alpha value is -3.13. The van der Waals surface area contributed by atoms with Crippen LogP contribution in [0.4, 0.5) is 19.1 Å². The molecule has 0 spiro atoms. The molecule has 14 heteroatoms. The van der Waals surface area contributed by atoms with Gasteiger partial charge in [0.1, 0.15) is 4.90 Å². The third kappa shape index (κ3) is 3.75. The highest BCUT2D eigenvalue weighted by Gasteiger charge is 2.39. The zero-order chi connectivity index (χ0) is 19.7. The van der Waals surface area contributed by atoms with Gasteiger partial charge in [0.15, 0.2) is 5.84 Å². The molecule has 0 saturated heterocycles. The molecule has 0 atom stereocenters. The minimum Gasteiger partial charge on any atom is -0.382 e. The summed E-state index contributed by atoms with van der Waals surface area (Å²) in [7, 11) is -4.90. The molecule has 0 aliphatic heterocycles. The minimum atomic E-state index is -5.05. The number of hydrogen-bond donors (Lipinski definition) is 4. The molecule has 0 aliphatic rings. The molecule has 1 heterocycles. The average molecular weight is 388 g/mol. The summed E-state index contributed by atoms with van der Waals surface area (Å²) in [5.74, 6) is -0.876. The Morgan fingerprint density at radius 3 is 2.23 bits per heavy atom. The van der Waals surface area contributed by atoms with Crippen molar-refractivity contribution >= 4 is 21.8 Å². The van der Waals surface area contributed by atoms with Crippen LogP contribution in [-0.4, -0.2) is 24.2 Å². The van der Waals surface area contributed by atoms with Crippen molar-refractivity contribution < 1.29 is 21.6 Å². The van der Waals surface area contributed by atoms with E-state index in [1.807, 2.05) is 0 Å². The zero-order valence-electron chi connectivity index (χ0n) is 12.7. The number of benzene rings is 1. The summed E-state index contributed by atoms with van der Waals surface area (Å²) in [6.45, 7) is 0. The molecule has 0 unspecified atom stereocenters. The largest absolute Gasteiger partial charge is 0.417 e. The second kappa shape index (κ2) is 6.64. The number of anilines is 1. The molecule has 0 radical (unpaired) electrons. The molecule has 0 fully saturated rings. The number of nitrogens with two attached hydrogens (primary N) is 3. The maximum atomic E-state index is 13.3. The van der Waals surface area contributed by atoms with Crippen LogP contribution in [0.15, 0.2) is 39.7 Å². The van der Waals surface area contributed by atoms with Crippen LogP contribution < -0.4 is 16.6 Å². The summed E-state index contributed by atoms with van der Waals surface area (Å²) < 4.78 is 63.7. The Kier molecular flexibility index (Phi) is 4.90. The summed E-state index contributed by atoms with van der Waals surface area (Å²) in [6.07, 6.45) is -2.76. The fourth-order valence-electron chi connectivity index (χ4n) is 2.18. The molecule has 26 heavy (non-hydrogen) atoms. The van der Waals surface area contributed by atoms with Gasteiger partial charge < -0.3 is 11.5 Å². The van der Waals surface area contributed by atoms with Crippen LogP contribution in [0.1, 0.15) is 11.1 Å². The second-order valence-electron chi connectivity index (χ2n) is 4.82. The number of sulfonamides is 1. The number of halogens is 3. The monoisotopic (exact) mass is 388 g/mol. The number of nitrogens with one attached hydrogen (secondary N) is 1. The fourth-order valence-corrected chi connectivity index (χ4v) is 3.17. The van der Waals surface area contributed by atoms with E-state index in [-0.39, 0.29) is 17.1 Å². The number of primary sulfonamides is 1. The number of alkyl halides is 3. The SMILES string of the molecule is N=N/N=C(\N)c1c(-c2cnc(N)nc2)ccc(C(F)(F)F)c1S(N)(=O)=O. The molecule has 0 aliphatic carbocycles. The van der Waals surface area contributed by atoms with Gasteiger partial charge in [0.25, 0.3) is 0 Å². The lowest BCUT2D eigenvalue weighted by Gasteiger charge is -2.18. The van der Waals surface area contributed by atoms with E-state index < -0.39 is 38.1 Å². The highest BCUT2D eigenvalue weighted by molar-refractivity contribution is 7.89. The Morgan fingerprint density at radius 2 is 1.77 bits per heavy atom. The molecule has 7 N–H and O–H groups in total. The zero-order valence-corrected chi connectivity index (χ0v) is 13.5. The molecule has 0 amide bonds.